The van der Waals surface area contributed by atoms with Crippen LogP contribution in [-0.2, 0) is 0 Å². The highest BCUT2D eigenvalue weighted by molar-refractivity contribution is 5.93. The lowest BCUT2D eigenvalue weighted by atomic mass is 9.92. The van der Waals surface area contributed by atoms with Gasteiger partial charge in [0.1, 0.15) is 5.75 Å². The third-order valence-corrected chi connectivity index (χ3v) is 4.65. The van der Waals surface area contributed by atoms with Crippen LogP contribution >= 0.6 is 0 Å². The van der Waals surface area contributed by atoms with Crippen LogP contribution in [-0.4, -0.2) is 17.9 Å². The fourth-order valence-corrected chi connectivity index (χ4v) is 3.26. The average Bonchev–Trinajstić information content (AvgIpc) is 2.92. The molecule has 1 aromatic heterocycles. The molecule has 1 N–H and O–H groups in total. The van der Waals surface area contributed by atoms with Crippen LogP contribution in [0.4, 0.5) is 0 Å². The zero-order chi connectivity index (χ0) is 16.8. The Morgan fingerprint density at radius 3 is 2.33 bits per heavy atom. The molecule has 0 bridgehead atoms. The molecule has 4 heteroatoms. The standard InChI is InChI=1S/C20H24N2O2/c1-21-20(23)17-10-13-19(22-14-17)24-18-11-8-16(9-12-18)15-6-4-2-3-5-7-15/h8-15H,2-7H2,1H3,(H,21,23). The van der Waals surface area contributed by atoms with Crippen LogP contribution in [0.3, 0.4) is 0 Å². The third-order valence-electron chi connectivity index (χ3n) is 4.65. The van der Waals surface area contributed by atoms with E-state index in [0.29, 0.717) is 17.4 Å². The first-order valence-corrected chi connectivity index (χ1v) is 8.72. The van der Waals surface area contributed by atoms with Gasteiger partial charge >= 0.3 is 0 Å². The molecule has 1 aliphatic carbocycles. The van der Waals surface area contributed by atoms with Gasteiger partial charge in [0, 0.05) is 19.3 Å². The monoisotopic (exact) mass is 324 g/mol. The summed E-state index contributed by atoms with van der Waals surface area (Å²) in [5, 5.41) is 2.57. The molecular weight excluding hydrogens is 300 g/mol. The second-order valence-electron chi connectivity index (χ2n) is 6.32. The predicted molar refractivity (Wildman–Crippen MR) is 94.6 cm³/mol. The van der Waals surface area contributed by atoms with Crippen LogP contribution < -0.4 is 10.1 Å². The van der Waals surface area contributed by atoms with E-state index in [-0.39, 0.29) is 5.91 Å². The summed E-state index contributed by atoms with van der Waals surface area (Å²) >= 11 is 0. The molecule has 1 aromatic carbocycles. The minimum absolute atomic E-state index is 0.151. The van der Waals surface area contributed by atoms with Gasteiger partial charge in [0.25, 0.3) is 5.91 Å². The minimum Gasteiger partial charge on any atom is -0.439 e. The van der Waals surface area contributed by atoms with Crippen molar-refractivity contribution in [3.8, 4) is 11.6 Å². The molecule has 1 fully saturated rings. The van der Waals surface area contributed by atoms with Crippen LogP contribution in [0.2, 0.25) is 0 Å². The summed E-state index contributed by atoms with van der Waals surface area (Å²) in [5.41, 5.74) is 1.93. The quantitative estimate of drug-likeness (QED) is 0.831. The van der Waals surface area contributed by atoms with E-state index in [1.54, 1.807) is 19.2 Å². The van der Waals surface area contributed by atoms with Crippen molar-refractivity contribution < 1.29 is 9.53 Å². The van der Waals surface area contributed by atoms with Crippen LogP contribution in [0, 0.1) is 0 Å². The molecule has 0 aliphatic heterocycles. The molecule has 0 spiro atoms. The number of aromatic nitrogens is 1. The van der Waals surface area contributed by atoms with E-state index in [9.17, 15) is 4.79 Å². The van der Waals surface area contributed by atoms with Gasteiger partial charge in [0.2, 0.25) is 5.88 Å². The Labute approximate surface area is 143 Å². The maximum atomic E-state index is 11.5. The Balaban J connectivity index is 1.64. The van der Waals surface area contributed by atoms with E-state index in [4.69, 9.17) is 4.74 Å². The van der Waals surface area contributed by atoms with Crippen molar-refractivity contribution in [1.29, 1.82) is 0 Å². The Bertz CT molecular complexity index is 657. The van der Waals surface area contributed by atoms with Crippen molar-refractivity contribution in [3.63, 3.8) is 0 Å². The maximum absolute atomic E-state index is 11.5. The van der Waals surface area contributed by atoms with E-state index in [1.807, 2.05) is 12.1 Å². The molecule has 0 radical (unpaired) electrons. The summed E-state index contributed by atoms with van der Waals surface area (Å²) in [7, 11) is 1.60. The third kappa shape index (κ3) is 4.13. The molecule has 0 unspecified atom stereocenters. The smallest absolute Gasteiger partial charge is 0.252 e. The highest BCUT2D eigenvalue weighted by atomic mass is 16.5. The number of nitrogens with zero attached hydrogens (tertiary/aromatic N) is 1. The average molecular weight is 324 g/mol. The highest BCUT2D eigenvalue weighted by Gasteiger charge is 2.14. The van der Waals surface area contributed by atoms with Crippen molar-refractivity contribution in [2.45, 2.75) is 44.4 Å². The fraction of sp³-hybridized carbons (Fsp3) is 0.400. The van der Waals surface area contributed by atoms with Crippen molar-refractivity contribution in [1.82, 2.24) is 10.3 Å². The van der Waals surface area contributed by atoms with Gasteiger partial charge in [-0.1, -0.05) is 37.8 Å². The lowest BCUT2D eigenvalue weighted by Gasteiger charge is -2.15. The largest absolute Gasteiger partial charge is 0.439 e. The van der Waals surface area contributed by atoms with Crippen LogP contribution in [0.15, 0.2) is 42.6 Å². The van der Waals surface area contributed by atoms with Crippen molar-refractivity contribution in [2.24, 2.45) is 0 Å². The molecule has 0 atom stereocenters. The number of rotatable bonds is 4. The molecule has 1 amide bonds. The summed E-state index contributed by atoms with van der Waals surface area (Å²) in [6.07, 6.45) is 9.53. The second kappa shape index (κ2) is 7.95. The molecule has 4 nitrogen and oxygen atoms in total. The zero-order valence-corrected chi connectivity index (χ0v) is 14.1. The number of nitrogens with one attached hydrogen (secondary N) is 1. The summed E-state index contributed by atoms with van der Waals surface area (Å²) in [4.78, 5) is 15.7. The highest BCUT2D eigenvalue weighted by Crippen LogP contribution is 2.32. The lowest BCUT2D eigenvalue weighted by Crippen LogP contribution is -2.17. The summed E-state index contributed by atoms with van der Waals surface area (Å²) in [5.74, 6) is 1.80. The van der Waals surface area contributed by atoms with Crippen molar-refractivity contribution in [2.75, 3.05) is 7.05 Å². The molecule has 2 aromatic rings. The van der Waals surface area contributed by atoms with E-state index >= 15 is 0 Å². The number of ether oxygens (including phenoxy) is 1. The number of carbonyl (C=O) groups excluding carboxylic acids is 1. The van der Waals surface area contributed by atoms with Gasteiger partial charge in [-0.25, -0.2) is 4.98 Å². The Hall–Kier alpha value is -2.36. The van der Waals surface area contributed by atoms with Crippen LogP contribution in [0.1, 0.15) is 60.4 Å². The van der Waals surface area contributed by atoms with E-state index in [1.165, 1.54) is 50.3 Å². The number of benzene rings is 1. The molecular formula is C20H24N2O2. The van der Waals surface area contributed by atoms with Gasteiger partial charge in [-0.2, -0.15) is 0 Å². The minimum atomic E-state index is -0.151. The number of pyridine rings is 1. The van der Waals surface area contributed by atoms with Gasteiger partial charge in [0.05, 0.1) is 5.56 Å². The van der Waals surface area contributed by atoms with E-state index in [0.717, 1.165) is 5.75 Å². The number of hydrogen-bond donors (Lipinski definition) is 1. The van der Waals surface area contributed by atoms with Gasteiger partial charge < -0.3 is 10.1 Å². The topological polar surface area (TPSA) is 51.2 Å². The molecule has 0 saturated heterocycles. The first-order valence-electron chi connectivity index (χ1n) is 8.72. The normalized spacial score (nSPS) is 15.5. The summed E-state index contributed by atoms with van der Waals surface area (Å²) in [6.45, 7) is 0. The predicted octanol–water partition coefficient (Wildman–Crippen LogP) is 4.67. The SMILES string of the molecule is CNC(=O)c1ccc(Oc2ccc(C3CCCCCC3)cc2)nc1. The Morgan fingerprint density at radius 2 is 1.75 bits per heavy atom. The molecule has 3 rings (SSSR count). The second-order valence-corrected chi connectivity index (χ2v) is 6.32. The number of carbonyl (C=O) groups is 1. The number of hydrogen-bond acceptors (Lipinski definition) is 3. The Morgan fingerprint density at radius 1 is 1.04 bits per heavy atom. The Kier molecular flexibility index (Phi) is 5.47. The number of amides is 1. The fourth-order valence-electron chi connectivity index (χ4n) is 3.26. The molecule has 24 heavy (non-hydrogen) atoms. The summed E-state index contributed by atoms with van der Waals surface area (Å²) < 4.78 is 5.77. The lowest BCUT2D eigenvalue weighted by molar-refractivity contribution is 0.0962. The first-order chi connectivity index (χ1) is 11.8. The van der Waals surface area contributed by atoms with Gasteiger partial charge in [0.15, 0.2) is 0 Å². The zero-order valence-electron chi connectivity index (χ0n) is 14.1. The van der Waals surface area contributed by atoms with Gasteiger partial charge in [-0.3, -0.25) is 4.79 Å². The molecule has 1 aliphatic rings. The first kappa shape index (κ1) is 16.5. The van der Waals surface area contributed by atoms with Crippen molar-refractivity contribution in [3.05, 3.63) is 53.7 Å². The molecule has 1 saturated carbocycles. The van der Waals surface area contributed by atoms with Crippen LogP contribution in [0.5, 0.6) is 11.6 Å². The van der Waals surface area contributed by atoms with Gasteiger partial charge in [-0.15, -0.1) is 0 Å². The van der Waals surface area contributed by atoms with Gasteiger partial charge in [-0.05, 0) is 42.5 Å². The summed E-state index contributed by atoms with van der Waals surface area (Å²) in [6, 6.07) is 11.8. The van der Waals surface area contributed by atoms with E-state index < -0.39 is 0 Å². The van der Waals surface area contributed by atoms with Crippen molar-refractivity contribution >= 4 is 5.91 Å². The van der Waals surface area contributed by atoms with Crippen LogP contribution in [0.25, 0.3) is 0 Å². The molecule has 126 valence electrons. The van der Waals surface area contributed by atoms with E-state index in [2.05, 4.69) is 22.4 Å². The maximum Gasteiger partial charge on any atom is 0.252 e. The molecule has 1 heterocycles.